The Bertz CT molecular complexity index is 564. The predicted molar refractivity (Wildman–Crippen MR) is 97.7 cm³/mol. The van der Waals surface area contributed by atoms with Crippen LogP contribution >= 0.6 is 38.6 Å². The Hall–Kier alpha value is -0.160. The summed E-state index contributed by atoms with van der Waals surface area (Å²) >= 11 is 7.53. The molecule has 0 bridgehead atoms. The molecule has 1 aliphatic rings. The summed E-state index contributed by atoms with van der Waals surface area (Å²) < 4.78 is 1.24. The van der Waals surface area contributed by atoms with E-state index in [4.69, 9.17) is 0 Å². The first-order chi connectivity index (χ1) is 10.3. The molecule has 0 fully saturated rings. The van der Waals surface area contributed by atoms with Crippen LogP contribution in [0.15, 0.2) is 21.3 Å². The summed E-state index contributed by atoms with van der Waals surface area (Å²) in [6.45, 7) is 3.30. The molecule has 1 N–H and O–H groups in total. The Morgan fingerprint density at radius 1 is 1.24 bits per heavy atom. The molecule has 0 amide bonds. The first-order valence-electron chi connectivity index (χ1n) is 7.86. The van der Waals surface area contributed by atoms with Crippen LogP contribution in [0.3, 0.4) is 0 Å². The number of hydrogen-bond donors (Lipinski definition) is 1. The summed E-state index contributed by atoms with van der Waals surface area (Å²) in [4.78, 5) is 3.13. The van der Waals surface area contributed by atoms with Gasteiger partial charge in [0.1, 0.15) is 0 Å². The van der Waals surface area contributed by atoms with Crippen molar-refractivity contribution in [2.45, 2.75) is 51.5 Å². The fourth-order valence-electron chi connectivity index (χ4n) is 2.98. The average Bonchev–Trinajstić information content (AvgIpc) is 3.01. The summed E-state index contributed by atoms with van der Waals surface area (Å²) in [6, 6.07) is 2.82. The van der Waals surface area contributed by atoms with E-state index in [2.05, 4.69) is 45.0 Å². The zero-order chi connectivity index (χ0) is 14.7. The molecule has 2 aromatic rings. The second-order valence-corrected chi connectivity index (χ2v) is 8.49. The minimum Gasteiger partial charge on any atom is -0.306 e. The quantitative estimate of drug-likeness (QED) is 0.630. The zero-order valence-corrected chi connectivity index (χ0v) is 15.7. The molecular formula is C17H22BrNS2. The first kappa shape index (κ1) is 15.7. The van der Waals surface area contributed by atoms with Gasteiger partial charge in [-0.05, 0) is 77.2 Å². The number of aryl methyl sites for hydroxylation is 2. The maximum Gasteiger partial charge on any atom is 0.0690 e. The highest BCUT2D eigenvalue weighted by Crippen LogP contribution is 2.38. The van der Waals surface area contributed by atoms with Crippen LogP contribution in [0, 0.1) is 0 Å². The van der Waals surface area contributed by atoms with Crippen LogP contribution in [0.25, 0.3) is 0 Å². The molecule has 0 aromatic carbocycles. The molecule has 1 nitrogen and oxygen atoms in total. The minimum atomic E-state index is 0.350. The molecular weight excluding hydrogens is 362 g/mol. The summed E-state index contributed by atoms with van der Waals surface area (Å²) in [5.74, 6) is 0. The summed E-state index contributed by atoms with van der Waals surface area (Å²) in [5.41, 5.74) is 3.01. The van der Waals surface area contributed by atoms with Crippen LogP contribution in [0.5, 0.6) is 0 Å². The van der Waals surface area contributed by atoms with Crippen LogP contribution in [-0.4, -0.2) is 6.54 Å². The fourth-order valence-corrected chi connectivity index (χ4v) is 5.89. The van der Waals surface area contributed by atoms with Gasteiger partial charge in [-0.15, -0.1) is 11.3 Å². The van der Waals surface area contributed by atoms with Crippen molar-refractivity contribution in [2.75, 3.05) is 6.54 Å². The molecule has 114 valence electrons. The molecule has 4 heteroatoms. The third-order valence-corrected chi connectivity index (χ3v) is 7.16. The third-order valence-electron chi connectivity index (χ3n) is 4.10. The molecule has 1 atom stereocenters. The highest BCUT2D eigenvalue weighted by Gasteiger charge is 2.21. The molecule has 0 saturated carbocycles. The van der Waals surface area contributed by atoms with Crippen molar-refractivity contribution in [3.8, 4) is 0 Å². The van der Waals surface area contributed by atoms with Gasteiger partial charge in [0.15, 0.2) is 0 Å². The Kier molecular flexibility index (Phi) is 5.54. The summed E-state index contributed by atoms with van der Waals surface area (Å²) in [6.07, 6.45) is 7.84. The molecule has 0 saturated heterocycles. The maximum atomic E-state index is 3.74. The number of nitrogens with one attached hydrogen (secondary N) is 1. The second kappa shape index (κ2) is 7.40. The molecule has 0 spiro atoms. The van der Waals surface area contributed by atoms with E-state index in [1.165, 1.54) is 53.4 Å². The van der Waals surface area contributed by atoms with Gasteiger partial charge in [-0.1, -0.05) is 13.3 Å². The van der Waals surface area contributed by atoms with E-state index in [1.807, 2.05) is 11.3 Å². The monoisotopic (exact) mass is 383 g/mol. The predicted octanol–water partition coefficient (Wildman–Crippen LogP) is 5.93. The van der Waals surface area contributed by atoms with Gasteiger partial charge in [0.05, 0.1) is 6.04 Å². The van der Waals surface area contributed by atoms with Gasteiger partial charge < -0.3 is 5.32 Å². The lowest BCUT2D eigenvalue weighted by molar-refractivity contribution is 0.605. The number of halogens is 1. The van der Waals surface area contributed by atoms with Crippen molar-refractivity contribution in [3.63, 3.8) is 0 Å². The number of fused-ring (bicyclic) bond motifs is 1. The van der Waals surface area contributed by atoms with E-state index in [0.717, 1.165) is 6.54 Å². The van der Waals surface area contributed by atoms with Gasteiger partial charge in [0.2, 0.25) is 0 Å². The van der Waals surface area contributed by atoms with E-state index < -0.39 is 0 Å². The third kappa shape index (κ3) is 3.61. The summed E-state index contributed by atoms with van der Waals surface area (Å²) in [5, 5.41) is 8.21. The normalized spacial score (nSPS) is 16.5. The molecule has 1 unspecified atom stereocenters. The average molecular weight is 384 g/mol. The molecule has 0 radical (unpaired) electrons. The molecule has 2 aromatic heterocycles. The van der Waals surface area contributed by atoms with Crippen LogP contribution in [0.1, 0.15) is 59.5 Å². The van der Waals surface area contributed by atoms with Crippen LogP contribution in [-0.2, 0) is 12.8 Å². The lowest BCUT2D eigenvalue weighted by atomic mass is 10.1. The van der Waals surface area contributed by atoms with Crippen molar-refractivity contribution in [2.24, 2.45) is 0 Å². The minimum absolute atomic E-state index is 0.350. The van der Waals surface area contributed by atoms with Crippen LogP contribution in [0.4, 0.5) is 0 Å². The Morgan fingerprint density at radius 3 is 2.86 bits per heavy atom. The maximum absolute atomic E-state index is 3.74. The van der Waals surface area contributed by atoms with Gasteiger partial charge in [-0.3, -0.25) is 0 Å². The van der Waals surface area contributed by atoms with Crippen molar-refractivity contribution in [1.29, 1.82) is 0 Å². The first-order valence-corrected chi connectivity index (χ1v) is 10.4. The second-order valence-electron chi connectivity index (χ2n) is 5.72. The van der Waals surface area contributed by atoms with Gasteiger partial charge in [-0.2, -0.15) is 11.3 Å². The molecule has 3 rings (SSSR count). The zero-order valence-electron chi connectivity index (χ0n) is 12.5. The SMILES string of the molecule is CCCNC(c1cc2c(s1)CCCCC2)c1cscc1Br. The lowest BCUT2D eigenvalue weighted by Crippen LogP contribution is -2.22. The van der Waals surface area contributed by atoms with E-state index in [0.29, 0.717) is 6.04 Å². The van der Waals surface area contributed by atoms with Gasteiger partial charge in [0, 0.05) is 19.6 Å². The van der Waals surface area contributed by atoms with Crippen LogP contribution < -0.4 is 5.32 Å². The van der Waals surface area contributed by atoms with Crippen LogP contribution in [0.2, 0.25) is 0 Å². The molecule has 2 heterocycles. The highest BCUT2D eigenvalue weighted by atomic mass is 79.9. The van der Waals surface area contributed by atoms with Crippen molar-refractivity contribution >= 4 is 38.6 Å². The molecule has 0 aliphatic heterocycles. The fraction of sp³-hybridized carbons (Fsp3) is 0.529. The van der Waals surface area contributed by atoms with E-state index in [-0.39, 0.29) is 0 Å². The number of hydrogen-bond acceptors (Lipinski definition) is 3. The van der Waals surface area contributed by atoms with Gasteiger partial charge >= 0.3 is 0 Å². The van der Waals surface area contributed by atoms with Crippen molar-refractivity contribution < 1.29 is 0 Å². The van der Waals surface area contributed by atoms with Crippen molar-refractivity contribution in [1.82, 2.24) is 5.32 Å². The van der Waals surface area contributed by atoms with Gasteiger partial charge in [0.25, 0.3) is 0 Å². The molecule has 21 heavy (non-hydrogen) atoms. The Labute approximate surface area is 143 Å². The standard InChI is InChI=1S/C17H22BrNS2/c1-2-8-19-17(13-10-20-11-14(13)18)16-9-12-6-4-3-5-7-15(12)21-16/h9-11,17,19H,2-8H2,1H3. The Balaban J connectivity index is 1.91. The van der Waals surface area contributed by atoms with E-state index in [1.54, 1.807) is 21.8 Å². The van der Waals surface area contributed by atoms with Crippen molar-refractivity contribution in [3.05, 3.63) is 42.2 Å². The smallest absolute Gasteiger partial charge is 0.0690 e. The Morgan fingerprint density at radius 2 is 2.10 bits per heavy atom. The molecule has 1 aliphatic carbocycles. The number of thiophene rings is 2. The van der Waals surface area contributed by atoms with E-state index in [9.17, 15) is 0 Å². The summed E-state index contributed by atoms with van der Waals surface area (Å²) in [7, 11) is 0. The lowest BCUT2D eigenvalue weighted by Gasteiger charge is -2.17. The van der Waals surface area contributed by atoms with E-state index >= 15 is 0 Å². The highest BCUT2D eigenvalue weighted by molar-refractivity contribution is 9.10. The largest absolute Gasteiger partial charge is 0.306 e. The number of rotatable bonds is 5. The topological polar surface area (TPSA) is 12.0 Å². The van der Waals surface area contributed by atoms with Gasteiger partial charge in [-0.25, -0.2) is 0 Å².